The van der Waals surface area contributed by atoms with Crippen molar-refractivity contribution < 1.29 is 19.1 Å². The number of amides is 1. The lowest BCUT2D eigenvalue weighted by molar-refractivity contribution is -0.114. The SMILES string of the molecule is COC(=O)c1cccnc1Nc1ccc(Oc2ccnc(NC(C)=O)c2)c(Cl)c1. The molecule has 0 unspecified atom stereocenters. The molecular formula is C20H17ClN4O4. The third kappa shape index (κ3) is 5.20. The van der Waals surface area contributed by atoms with E-state index >= 15 is 0 Å². The number of pyridine rings is 2. The first-order valence-corrected chi connectivity index (χ1v) is 8.85. The summed E-state index contributed by atoms with van der Waals surface area (Å²) in [6.45, 7) is 1.39. The van der Waals surface area contributed by atoms with Crippen LogP contribution in [0.4, 0.5) is 17.3 Å². The van der Waals surface area contributed by atoms with Crippen molar-refractivity contribution in [3.63, 3.8) is 0 Å². The number of benzene rings is 1. The highest BCUT2D eigenvalue weighted by atomic mass is 35.5. The number of ether oxygens (including phenoxy) is 2. The standard InChI is InChI=1S/C20H17ClN4O4/c1-12(26)24-18-11-14(7-9-22-18)29-17-6-5-13(10-16(17)21)25-19-15(20(27)28-2)4-3-8-23-19/h3-11H,1-2H3,(H,23,25)(H,22,24,26). The molecule has 29 heavy (non-hydrogen) atoms. The van der Waals surface area contributed by atoms with Crippen LogP contribution in [-0.2, 0) is 9.53 Å². The summed E-state index contributed by atoms with van der Waals surface area (Å²) in [5, 5.41) is 5.96. The smallest absolute Gasteiger partial charge is 0.341 e. The lowest BCUT2D eigenvalue weighted by Gasteiger charge is -2.12. The average molecular weight is 413 g/mol. The number of nitrogens with one attached hydrogen (secondary N) is 2. The molecule has 2 heterocycles. The van der Waals surface area contributed by atoms with Crippen molar-refractivity contribution in [3.05, 3.63) is 65.4 Å². The van der Waals surface area contributed by atoms with E-state index in [-0.39, 0.29) is 5.91 Å². The minimum Gasteiger partial charge on any atom is -0.465 e. The molecular weight excluding hydrogens is 396 g/mol. The number of hydrogen-bond donors (Lipinski definition) is 2. The molecule has 0 fully saturated rings. The Kier molecular flexibility index (Phi) is 6.25. The topological polar surface area (TPSA) is 102 Å². The summed E-state index contributed by atoms with van der Waals surface area (Å²) in [6.07, 6.45) is 3.07. The third-order valence-electron chi connectivity index (χ3n) is 3.67. The first kappa shape index (κ1) is 20.1. The Bertz CT molecular complexity index is 1060. The Balaban J connectivity index is 1.78. The van der Waals surface area contributed by atoms with Gasteiger partial charge in [0.1, 0.15) is 28.7 Å². The minimum absolute atomic E-state index is 0.232. The number of methoxy groups -OCH3 is 1. The van der Waals surface area contributed by atoms with Crippen molar-refractivity contribution in [2.45, 2.75) is 6.92 Å². The first-order valence-electron chi connectivity index (χ1n) is 8.47. The average Bonchev–Trinajstić information content (AvgIpc) is 2.70. The van der Waals surface area contributed by atoms with Crippen molar-refractivity contribution in [2.24, 2.45) is 0 Å². The molecule has 2 aromatic heterocycles. The summed E-state index contributed by atoms with van der Waals surface area (Å²) in [4.78, 5) is 31.2. The molecule has 0 saturated carbocycles. The minimum atomic E-state index is -0.501. The second-order valence-electron chi connectivity index (χ2n) is 5.82. The molecule has 0 radical (unpaired) electrons. The monoisotopic (exact) mass is 412 g/mol. The summed E-state index contributed by atoms with van der Waals surface area (Å²) in [5.41, 5.74) is 0.911. The molecule has 9 heteroatoms. The number of anilines is 3. The fourth-order valence-electron chi connectivity index (χ4n) is 2.43. The molecule has 8 nitrogen and oxygen atoms in total. The molecule has 3 aromatic rings. The van der Waals surface area contributed by atoms with Gasteiger partial charge in [0.2, 0.25) is 5.91 Å². The number of halogens is 1. The van der Waals surface area contributed by atoms with E-state index in [4.69, 9.17) is 21.1 Å². The zero-order valence-corrected chi connectivity index (χ0v) is 16.4. The summed E-state index contributed by atoms with van der Waals surface area (Å²) < 4.78 is 10.5. The predicted octanol–water partition coefficient (Wildman–Crippen LogP) is 4.41. The summed E-state index contributed by atoms with van der Waals surface area (Å²) in [5.74, 6) is 0.854. The fraction of sp³-hybridized carbons (Fsp3) is 0.100. The third-order valence-corrected chi connectivity index (χ3v) is 3.97. The number of carbonyl (C=O) groups is 2. The van der Waals surface area contributed by atoms with E-state index in [0.717, 1.165) is 0 Å². The molecule has 3 rings (SSSR count). The van der Waals surface area contributed by atoms with Gasteiger partial charge in [0.25, 0.3) is 0 Å². The largest absolute Gasteiger partial charge is 0.465 e. The quantitative estimate of drug-likeness (QED) is 0.578. The number of carbonyl (C=O) groups excluding carboxylic acids is 2. The van der Waals surface area contributed by atoms with E-state index in [2.05, 4.69) is 20.6 Å². The Morgan fingerprint density at radius 1 is 1.07 bits per heavy atom. The fourth-order valence-corrected chi connectivity index (χ4v) is 2.65. The van der Waals surface area contributed by atoms with Gasteiger partial charge in [0.15, 0.2) is 0 Å². The van der Waals surface area contributed by atoms with Crippen LogP contribution in [0, 0.1) is 0 Å². The Morgan fingerprint density at radius 3 is 2.62 bits per heavy atom. The van der Waals surface area contributed by atoms with Crippen LogP contribution < -0.4 is 15.4 Å². The van der Waals surface area contributed by atoms with Crippen LogP contribution in [0.1, 0.15) is 17.3 Å². The van der Waals surface area contributed by atoms with Crippen LogP contribution in [0.3, 0.4) is 0 Å². The van der Waals surface area contributed by atoms with E-state index in [9.17, 15) is 9.59 Å². The van der Waals surface area contributed by atoms with E-state index in [1.165, 1.54) is 20.2 Å². The Morgan fingerprint density at radius 2 is 1.90 bits per heavy atom. The second-order valence-corrected chi connectivity index (χ2v) is 6.23. The van der Waals surface area contributed by atoms with E-state index in [1.54, 1.807) is 48.7 Å². The van der Waals surface area contributed by atoms with Gasteiger partial charge in [-0.2, -0.15) is 0 Å². The first-order chi connectivity index (χ1) is 14.0. The van der Waals surface area contributed by atoms with Gasteiger partial charge in [-0.05, 0) is 36.4 Å². The van der Waals surface area contributed by atoms with Crippen molar-refractivity contribution in [1.82, 2.24) is 9.97 Å². The van der Waals surface area contributed by atoms with Crippen LogP contribution in [0.15, 0.2) is 54.9 Å². The lowest BCUT2D eigenvalue weighted by Crippen LogP contribution is -2.07. The number of esters is 1. The van der Waals surface area contributed by atoms with Crippen molar-refractivity contribution in [3.8, 4) is 11.5 Å². The number of nitrogens with zero attached hydrogens (tertiary/aromatic N) is 2. The molecule has 0 spiro atoms. The molecule has 1 aromatic carbocycles. The normalized spacial score (nSPS) is 10.2. The number of aromatic nitrogens is 2. The van der Waals surface area contributed by atoms with Crippen molar-refractivity contribution in [1.29, 1.82) is 0 Å². The summed E-state index contributed by atoms with van der Waals surface area (Å²) in [7, 11) is 1.30. The highest BCUT2D eigenvalue weighted by Gasteiger charge is 2.13. The molecule has 0 aliphatic rings. The van der Waals surface area contributed by atoms with Crippen LogP contribution in [0.2, 0.25) is 5.02 Å². The molecule has 2 N–H and O–H groups in total. The van der Waals surface area contributed by atoms with Crippen LogP contribution in [0.5, 0.6) is 11.5 Å². The number of hydrogen-bond acceptors (Lipinski definition) is 7. The molecule has 0 bridgehead atoms. The van der Waals surface area contributed by atoms with Crippen LogP contribution in [0.25, 0.3) is 0 Å². The number of rotatable bonds is 6. The molecule has 1 amide bonds. The van der Waals surface area contributed by atoms with Crippen molar-refractivity contribution in [2.75, 3.05) is 17.7 Å². The maximum atomic E-state index is 11.9. The maximum Gasteiger partial charge on any atom is 0.341 e. The second kappa shape index (κ2) is 9.03. The predicted molar refractivity (Wildman–Crippen MR) is 109 cm³/mol. The van der Waals surface area contributed by atoms with Crippen molar-refractivity contribution >= 4 is 40.8 Å². The zero-order valence-electron chi connectivity index (χ0n) is 15.6. The van der Waals surface area contributed by atoms with Gasteiger partial charge in [-0.1, -0.05) is 11.6 Å². The molecule has 148 valence electrons. The van der Waals surface area contributed by atoms with Crippen LogP contribution >= 0.6 is 11.6 Å². The Labute approximate surface area is 171 Å². The lowest BCUT2D eigenvalue weighted by atomic mass is 10.2. The highest BCUT2D eigenvalue weighted by molar-refractivity contribution is 6.32. The highest BCUT2D eigenvalue weighted by Crippen LogP contribution is 2.33. The van der Waals surface area contributed by atoms with E-state index < -0.39 is 5.97 Å². The van der Waals surface area contributed by atoms with Gasteiger partial charge in [0.05, 0.1) is 12.1 Å². The van der Waals surface area contributed by atoms with Gasteiger partial charge in [-0.3, -0.25) is 4.79 Å². The van der Waals surface area contributed by atoms with E-state index in [1.807, 2.05) is 0 Å². The van der Waals surface area contributed by atoms with Gasteiger partial charge in [0, 0.05) is 31.1 Å². The summed E-state index contributed by atoms with van der Waals surface area (Å²) >= 11 is 6.34. The van der Waals surface area contributed by atoms with E-state index in [0.29, 0.717) is 39.4 Å². The molecule has 0 atom stereocenters. The van der Waals surface area contributed by atoms with Gasteiger partial charge < -0.3 is 20.1 Å². The van der Waals surface area contributed by atoms with Gasteiger partial charge in [-0.15, -0.1) is 0 Å². The Hall–Kier alpha value is -3.65. The summed E-state index contributed by atoms with van der Waals surface area (Å²) in [6, 6.07) is 11.5. The molecule has 0 saturated heterocycles. The van der Waals surface area contributed by atoms with Gasteiger partial charge in [-0.25, -0.2) is 14.8 Å². The molecule has 0 aliphatic carbocycles. The zero-order chi connectivity index (χ0) is 20.8. The van der Waals surface area contributed by atoms with Crippen LogP contribution in [-0.4, -0.2) is 29.0 Å². The maximum absolute atomic E-state index is 11.9. The van der Waals surface area contributed by atoms with Gasteiger partial charge >= 0.3 is 5.97 Å². The molecule has 0 aliphatic heterocycles.